The molecule has 0 amide bonds. The highest BCUT2D eigenvalue weighted by Gasteiger charge is 2.52. The van der Waals surface area contributed by atoms with Gasteiger partial charge >= 0.3 is 31.3 Å². The molecule has 0 saturated carbocycles. The van der Waals surface area contributed by atoms with Crippen LogP contribution in [0.1, 0.15) is 0 Å². The van der Waals surface area contributed by atoms with Gasteiger partial charge in [-0.3, -0.25) is 0 Å². The second kappa shape index (κ2) is 6.86. The minimum atomic E-state index is -5.84. The van der Waals surface area contributed by atoms with E-state index in [-0.39, 0.29) is 12.1 Å². The molecule has 0 aromatic carbocycles. The van der Waals surface area contributed by atoms with Crippen LogP contribution in [0.25, 0.3) is 0 Å². The zero-order valence-corrected chi connectivity index (χ0v) is 16.6. The third kappa shape index (κ3) is 6.99. The molecule has 146 valence electrons. The standard InChI is InChI=1S/C8H16F6O6S2Si2/c1-23(2,19-21(15,16)7(9,10)11)5-6-24(3,4)20-22(17,18)8(12,13)14/h5-6H2,1-4H3. The summed E-state index contributed by atoms with van der Waals surface area (Å²) in [4.78, 5) is 0. The monoisotopic (exact) mass is 442 g/mol. The number of rotatable bonds is 7. The predicted molar refractivity (Wildman–Crippen MR) is 76.7 cm³/mol. The summed E-state index contributed by atoms with van der Waals surface area (Å²) in [6, 6.07) is -0.677. The van der Waals surface area contributed by atoms with Crippen molar-refractivity contribution in [1.82, 2.24) is 0 Å². The van der Waals surface area contributed by atoms with Crippen LogP contribution < -0.4 is 0 Å². The van der Waals surface area contributed by atoms with Crippen LogP contribution in [0, 0.1) is 0 Å². The van der Waals surface area contributed by atoms with Crippen LogP contribution in [0.5, 0.6) is 0 Å². The fraction of sp³-hybridized carbons (Fsp3) is 1.00. The molecule has 0 saturated heterocycles. The molecule has 0 unspecified atom stereocenters. The molecule has 0 aromatic rings. The van der Waals surface area contributed by atoms with Gasteiger partial charge in [0.25, 0.3) is 0 Å². The second-order valence-corrected chi connectivity index (χ2v) is 18.1. The summed E-state index contributed by atoms with van der Waals surface area (Å²) in [5, 5.41) is 0. The third-order valence-electron chi connectivity index (χ3n) is 2.57. The molecule has 0 rings (SSSR count). The van der Waals surface area contributed by atoms with Crippen molar-refractivity contribution < 1.29 is 50.9 Å². The zero-order valence-electron chi connectivity index (χ0n) is 12.9. The van der Waals surface area contributed by atoms with Crippen molar-refractivity contribution in [2.24, 2.45) is 0 Å². The molecular formula is C8H16F6O6S2Si2. The first-order valence-electron chi connectivity index (χ1n) is 6.16. The molecule has 0 fully saturated rings. The van der Waals surface area contributed by atoms with Crippen LogP contribution in [0.2, 0.25) is 38.3 Å². The lowest BCUT2D eigenvalue weighted by Gasteiger charge is -2.28. The van der Waals surface area contributed by atoms with E-state index in [1.807, 2.05) is 0 Å². The summed E-state index contributed by atoms with van der Waals surface area (Å²) in [5.74, 6) is 0. The van der Waals surface area contributed by atoms with Crippen molar-refractivity contribution in [1.29, 1.82) is 0 Å². The maximum atomic E-state index is 12.3. The number of hydrogen-bond donors (Lipinski definition) is 0. The second-order valence-electron chi connectivity index (χ2n) is 5.99. The molecule has 6 nitrogen and oxygen atoms in total. The van der Waals surface area contributed by atoms with Gasteiger partial charge in [0.05, 0.1) is 0 Å². The van der Waals surface area contributed by atoms with Gasteiger partial charge in [-0.2, -0.15) is 43.2 Å². The van der Waals surface area contributed by atoms with E-state index in [1.54, 1.807) is 0 Å². The van der Waals surface area contributed by atoms with Crippen LogP contribution >= 0.6 is 0 Å². The van der Waals surface area contributed by atoms with Crippen molar-refractivity contribution in [2.75, 3.05) is 0 Å². The van der Waals surface area contributed by atoms with Gasteiger partial charge in [-0.25, -0.2) is 0 Å². The highest BCUT2D eigenvalue weighted by molar-refractivity contribution is 7.89. The quantitative estimate of drug-likeness (QED) is 0.342. The Morgan fingerprint density at radius 2 is 0.875 bits per heavy atom. The molecule has 0 spiro atoms. The van der Waals surface area contributed by atoms with E-state index in [1.165, 1.54) is 0 Å². The van der Waals surface area contributed by atoms with Crippen molar-refractivity contribution >= 4 is 36.9 Å². The van der Waals surface area contributed by atoms with Gasteiger partial charge in [0, 0.05) is 0 Å². The highest BCUT2D eigenvalue weighted by atomic mass is 32.2. The Balaban J connectivity index is 5.06. The van der Waals surface area contributed by atoms with E-state index < -0.39 is 47.9 Å². The minimum Gasteiger partial charge on any atom is -0.308 e. The molecule has 0 aliphatic heterocycles. The van der Waals surface area contributed by atoms with Crippen LogP contribution in [0.3, 0.4) is 0 Å². The lowest BCUT2D eigenvalue weighted by atomic mass is 10.9. The van der Waals surface area contributed by atoms with Crippen molar-refractivity contribution in [3.05, 3.63) is 0 Å². The number of hydrogen-bond acceptors (Lipinski definition) is 6. The SMILES string of the molecule is C[Si](C)(CC[Si](C)(C)OS(=O)(=O)C(F)(F)F)OS(=O)(=O)C(F)(F)F. The Hall–Kier alpha value is -0.166. The van der Waals surface area contributed by atoms with E-state index >= 15 is 0 Å². The number of alkyl halides is 6. The van der Waals surface area contributed by atoms with Crippen molar-refractivity contribution in [2.45, 2.75) is 49.3 Å². The molecule has 0 aliphatic carbocycles. The van der Waals surface area contributed by atoms with Gasteiger partial charge in [0.2, 0.25) is 16.6 Å². The molecule has 0 radical (unpaired) electrons. The maximum Gasteiger partial charge on any atom is 0.522 e. The number of halogens is 6. The Morgan fingerprint density at radius 3 is 1.04 bits per heavy atom. The van der Waals surface area contributed by atoms with Gasteiger partial charge in [-0.15, -0.1) is 0 Å². The topological polar surface area (TPSA) is 86.7 Å². The van der Waals surface area contributed by atoms with E-state index in [0.717, 1.165) is 26.2 Å². The Labute approximate surface area is 137 Å². The molecule has 0 aromatic heterocycles. The van der Waals surface area contributed by atoms with Crippen LogP contribution in [0.15, 0.2) is 0 Å². The summed E-state index contributed by atoms with van der Waals surface area (Å²) in [6.07, 6.45) is 0. The fourth-order valence-corrected chi connectivity index (χ4v) is 12.4. The third-order valence-corrected chi connectivity index (χ3v) is 12.5. The first kappa shape index (κ1) is 23.8. The summed E-state index contributed by atoms with van der Waals surface area (Å²) >= 11 is 0. The summed E-state index contributed by atoms with van der Waals surface area (Å²) in [5.41, 5.74) is -11.2. The first-order chi connectivity index (χ1) is 10.1. The Bertz CT molecular complexity index is 594. The molecule has 0 aliphatic rings. The Morgan fingerprint density at radius 1 is 0.667 bits per heavy atom. The smallest absolute Gasteiger partial charge is 0.308 e. The molecule has 16 heteroatoms. The van der Waals surface area contributed by atoms with Gasteiger partial charge in [0.1, 0.15) is 0 Å². The van der Waals surface area contributed by atoms with Gasteiger partial charge in [-0.05, 0) is 38.3 Å². The van der Waals surface area contributed by atoms with E-state index in [0.29, 0.717) is 0 Å². The van der Waals surface area contributed by atoms with Crippen LogP contribution in [0.4, 0.5) is 26.3 Å². The fourth-order valence-electron chi connectivity index (χ4n) is 1.37. The van der Waals surface area contributed by atoms with Crippen molar-refractivity contribution in [3.63, 3.8) is 0 Å². The van der Waals surface area contributed by atoms with Gasteiger partial charge in [0.15, 0.2) is 0 Å². The van der Waals surface area contributed by atoms with E-state index in [4.69, 9.17) is 0 Å². The van der Waals surface area contributed by atoms with Crippen molar-refractivity contribution in [3.8, 4) is 0 Å². The molecule has 24 heavy (non-hydrogen) atoms. The lowest BCUT2D eigenvalue weighted by molar-refractivity contribution is -0.0509. The molecule has 0 heterocycles. The molecule has 0 bridgehead atoms. The highest BCUT2D eigenvalue weighted by Crippen LogP contribution is 2.33. The maximum absolute atomic E-state index is 12.3. The van der Waals surface area contributed by atoms with E-state index in [2.05, 4.69) is 7.74 Å². The Kier molecular flexibility index (Phi) is 6.81. The largest absolute Gasteiger partial charge is 0.522 e. The normalized spacial score (nSPS) is 15.6. The summed E-state index contributed by atoms with van der Waals surface area (Å²) in [7, 11) is -18.7. The average molecular weight is 443 g/mol. The summed E-state index contributed by atoms with van der Waals surface area (Å²) in [6.45, 7) is 4.44. The van der Waals surface area contributed by atoms with Gasteiger partial charge in [-0.1, -0.05) is 0 Å². The minimum absolute atomic E-state index is 0.338. The molecule has 0 atom stereocenters. The summed E-state index contributed by atoms with van der Waals surface area (Å²) < 4.78 is 126. The lowest BCUT2D eigenvalue weighted by Crippen LogP contribution is -2.43. The van der Waals surface area contributed by atoms with Crippen LogP contribution in [-0.4, -0.2) is 44.5 Å². The average Bonchev–Trinajstić information content (AvgIpc) is 2.20. The first-order valence-corrected chi connectivity index (χ1v) is 15.2. The predicted octanol–water partition coefficient (Wildman–Crippen LogP) is 3.13. The van der Waals surface area contributed by atoms with Gasteiger partial charge < -0.3 is 7.74 Å². The molecular weight excluding hydrogens is 426 g/mol. The molecule has 0 N–H and O–H groups in total. The zero-order chi connectivity index (χ0) is 19.8. The van der Waals surface area contributed by atoms with E-state index in [9.17, 15) is 43.2 Å². The van der Waals surface area contributed by atoms with Crippen LogP contribution in [-0.2, 0) is 28.0 Å².